The van der Waals surface area contributed by atoms with Gasteiger partial charge >= 0.3 is 0 Å². The number of aromatic nitrogens is 1. The lowest BCUT2D eigenvalue weighted by Crippen LogP contribution is -2.10. The molecule has 0 atom stereocenters. The molecule has 0 N–H and O–H groups in total. The second kappa shape index (κ2) is 4.71. The van der Waals surface area contributed by atoms with Gasteiger partial charge < -0.3 is 9.47 Å². The average molecular weight is 251 g/mol. The van der Waals surface area contributed by atoms with Crippen LogP contribution >= 0.6 is 11.6 Å². The summed E-state index contributed by atoms with van der Waals surface area (Å²) in [6, 6.07) is 6.59. The lowest BCUT2D eigenvalue weighted by atomic mass is 10.2. The molecule has 1 aromatic carbocycles. The van der Waals surface area contributed by atoms with E-state index in [1.165, 1.54) is 16.5 Å². The number of halogens is 1. The van der Waals surface area contributed by atoms with E-state index in [0.29, 0.717) is 6.04 Å². The first-order valence-corrected chi connectivity index (χ1v) is 6.30. The van der Waals surface area contributed by atoms with E-state index in [0.717, 1.165) is 11.6 Å². The zero-order valence-electron chi connectivity index (χ0n) is 10.9. The highest BCUT2D eigenvalue weighted by atomic mass is 35.5. The van der Waals surface area contributed by atoms with Crippen LogP contribution in [0, 0.1) is 0 Å². The molecule has 0 radical (unpaired) electrons. The molecule has 0 aliphatic carbocycles. The molecule has 1 heterocycles. The van der Waals surface area contributed by atoms with Gasteiger partial charge in [0.05, 0.1) is 5.52 Å². The summed E-state index contributed by atoms with van der Waals surface area (Å²) in [5.74, 6) is 0. The van der Waals surface area contributed by atoms with E-state index in [9.17, 15) is 0 Å². The Hall–Kier alpha value is -0.990. The molecule has 0 fully saturated rings. The maximum Gasteiger partial charge on any atom is 0.0501 e. The van der Waals surface area contributed by atoms with Crippen LogP contribution in [0.25, 0.3) is 10.9 Å². The Bertz CT molecular complexity index is 526. The van der Waals surface area contributed by atoms with Crippen LogP contribution in [0.4, 0.5) is 0 Å². The van der Waals surface area contributed by atoms with Crippen molar-refractivity contribution in [1.82, 2.24) is 9.47 Å². The normalized spacial score (nSPS) is 11.9. The number of rotatable bonds is 3. The summed E-state index contributed by atoms with van der Waals surface area (Å²) in [6.45, 7) is 5.34. The second-order valence-corrected chi connectivity index (χ2v) is 5.49. The van der Waals surface area contributed by atoms with Crippen LogP contribution in [0.1, 0.15) is 25.5 Å². The molecule has 0 bridgehead atoms. The van der Waals surface area contributed by atoms with Gasteiger partial charge in [0, 0.05) is 29.2 Å². The van der Waals surface area contributed by atoms with Crippen LogP contribution in [-0.4, -0.2) is 23.6 Å². The fraction of sp³-hybridized carbons (Fsp3) is 0.429. The van der Waals surface area contributed by atoms with Gasteiger partial charge in [0.25, 0.3) is 0 Å². The van der Waals surface area contributed by atoms with Crippen molar-refractivity contribution in [1.29, 1.82) is 0 Å². The highest BCUT2D eigenvalue weighted by Crippen LogP contribution is 2.27. The molecule has 2 rings (SSSR count). The summed E-state index contributed by atoms with van der Waals surface area (Å²) in [5.41, 5.74) is 2.58. The van der Waals surface area contributed by atoms with Crippen molar-refractivity contribution in [2.45, 2.75) is 26.4 Å². The van der Waals surface area contributed by atoms with Crippen molar-refractivity contribution in [2.75, 3.05) is 14.1 Å². The fourth-order valence-electron chi connectivity index (χ4n) is 2.19. The molecule has 0 saturated heterocycles. The Kier molecular flexibility index (Phi) is 3.45. The Morgan fingerprint density at radius 1 is 1.29 bits per heavy atom. The third kappa shape index (κ3) is 2.48. The molecule has 0 spiro atoms. The zero-order chi connectivity index (χ0) is 12.6. The molecule has 0 aliphatic rings. The first kappa shape index (κ1) is 12.5. The number of benzene rings is 1. The monoisotopic (exact) mass is 250 g/mol. The molecule has 3 heteroatoms. The Morgan fingerprint density at radius 2 is 2.00 bits per heavy atom. The SMILES string of the molecule is CC(C)n1cc(CN(C)C)c2ccc(Cl)cc21. The van der Waals surface area contributed by atoms with Crippen molar-refractivity contribution < 1.29 is 0 Å². The van der Waals surface area contributed by atoms with Crippen molar-refractivity contribution in [2.24, 2.45) is 0 Å². The third-order valence-corrected chi connectivity index (χ3v) is 3.16. The van der Waals surface area contributed by atoms with Gasteiger partial charge in [-0.05, 0) is 45.6 Å². The molecule has 2 nitrogen and oxygen atoms in total. The van der Waals surface area contributed by atoms with Crippen LogP contribution in [0.3, 0.4) is 0 Å². The van der Waals surface area contributed by atoms with Gasteiger partial charge in [-0.25, -0.2) is 0 Å². The van der Waals surface area contributed by atoms with E-state index in [4.69, 9.17) is 11.6 Å². The van der Waals surface area contributed by atoms with Gasteiger partial charge in [-0.3, -0.25) is 0 Å². The first-order chi connectivity index (χ1) is 7.99. The molecular formula is C14H19ClN2. The topological polar surface area (TPSA) is 8.17 Å². The average Bonchev–Trinajstić information content (AvgIpc) is 2.55. The van der Waals surface area contributed by atoms with Gasteiger partial charge in [-0.1, -0.05) is 17.7 Å². The van der Waals surface area contributed by atoms with Gasteiger partial charge in [-0.2, -0.15) is 0 Å². The fourth-order valence-corrected chi connectivity index (χ4v) is 2.36. The van der Waals surface area contributed by atoms with Crippen LogP contribution in [0.5, 0.6) is 0 Å². The molecule has 0 amide bonds. The minimum absolute atomic E-state index is 0.451. The number of hydrogen-bond donors (Lipinski definition) is 0. The molecule has 1 aromatic heterocycles. The molecule has 2 aromatic rings. The van der Waals surface area contributed by atoms with E-state index in [2.05, 4.69) is 55.7 Å². The largest absolute Gasteiger partial charge is 0.345 e. The van der Waals surface area contributed by atoms with Gasteiger partial charge in [-0.15, -0.1) is 0 Å². The summed E-state index contributed by atoms with van der Waals surface area (Å²) >= 11 is 6.09. The van der Waals surface area contributed by atoms with Crippen LogP contribution in [-0.2, 0) is 6.54 Å². The van der Waals surface area contributed by atoms with E-state index in [1.54, 1.807) is 0 Å². The number of nitrogens with zero attached hydrogens (tertiary/aromatic N) is 2. The van der Waals surface area contributed by atoms with Crippen LogP contribution < -0.4 is 0 Å². The van der Waals surface area contributed by atoms with Gasteiger partial charge in [0.1, 0.15) is 0 Å². The highest BCUT2D eigenvalue weighted by Gasteiger charge is 2.11. The number of fused-ring (bicyclic) bond motifs is 1. The number of hydrogen-bond acceptors (Lipinski definition) is 1. The summed E-state index contributed by atoms with van der Waals surface area (Å²) in [6.07, 6.45) is 2.24. The zero-order valence-corrected chi connectivity index (χ0v) is 11.6. The van der Waals surface area contributed by atoms with Crippen LogP contribution in [0.15, 0.2) is 24.4 Å². The summed E-state index contributed by atoms with van der Waals surface area (Å²) < 4.78 is 2.29. The molecule has 92 valence electrons. The first-order valence-electron chi connectivity index (χ1n) is 5.92. The van der Waals surface area contributed by atoms with Crippen LogP contribution in [0.2, 0.25) is 5.02 Å². The predicted molar refractivity (Wildman–Crippen MR) is 74.7 cm³/mol. The standard InChI is InChI=1S/C14H19ClN2/c1-10(2)17-9-11(8-16(3)4)13-6-5-12(15)7-14(13)17/h5-7,9-10H,8H2,1-4H3. The maximum atomic E-state index is 6.09. The van der Waals surface area contributed by atoms with Crippen molar-refractivity contribution in [3.63, 3.8) is 0 Å². The summed E-state index contributed by atoms with van der Waals surface area (Å²) in [7, 11) is 4.18. The molecular weight excluding hydrogens is 232 g/mol. The van der Waals surface area contributed by atoms with Crippen molar-refractivity contribution >= 4 is 22.5 Å². The minimum Gasteiger partial charge on any atom is -0.345 e. The molecule has 0 aliphatic heterocycles. The van der Waals surface area contributed by atoms with E-state index >= 15 is 0 Å². The van der Waals surface area contributed by atoms with E-state index in [1.807, 2.05) is 6.07 Å². The minimum atomic E-state index is 0.451. The quantitative estimate of drug-likeness (QED) is 0.801. The van der Waals surface area contributed by atoms with E-state index < -0.39 is 0 Å². The van der Waals surface area contributed by atoms with Crippen molar-refractivity contribution in [3.05, 3.63) is 35.0 Å². The highest BCUT2D eigenvalue weighted by molar-refractivity contribution is 6.31. The second-order valence-electron chi connectivity index (χ2n) is 5.05. The maximum absolute atomic E-state index is 6.09. The summed E-state index contributed by atoms with van der Waals surface area (Å²) in [4.78, 5) is 2.19. The lowest BCUT2D eigenvalue weighted by molar-refractivity contribution is 0.403. The Labute approximate surface area is 108 Å². The predicted octanol–water partition coefficient (Wildman–Crippen LogP) is 3.94. The third-order valence-electron chi connectivity index (χ3n) is 2.92. The van der Waals surface area contributed by atoms with Crippen molar-refractivity contribution in [3.8, 4) is 0 Å². The smallest absolute Gasteiger partial charge is 0.0501 e. The Morgan fingerprint density at radius 3 is 2.59 bits per heavy atom. The van der Waals surface area contributed by atoms with Gasteiger partial charge in [0.2, 0.25) is 0 Å². The molecule has 0 unspecified atom stereocenters. The lowest BCUT2D eigenvalue weighted by Gasteiger charge is -2.09. The van der Waals surface area contributed by atoms with Gasteiger partial charge in [0.15, 0.2) is 0 Å². The molecule has 0 saturated carbocycles. The summed E-state index contributed by atoms with van der Waals surface area (Å²) in [5, 5.41) is 2.10. The molecule has 17 heavy (non-hydrogen) atoms. The van der Waals surface area contributed by atoms with E-state index in [-0.39, 0.29) is 0 Å². The Balaban J connectivity index is 2.62.